The number of anilines is 1. The third kappa shape index (κ3) is 4.16. The maximum atomic E-state index is 12.9. The Morgan fingerprint density at radius 2 is 1.77 bits per heavy atom. The highest BCUT2D eigenvalue weighted by Gasteiger charge is 2.28. The molecule has 0 atom stereocenters. The molecule has 0 unspecified atom stereocenters. The molecule has 2 aromatic rings. The normalized spacial score (nSPS) is 18.0. The van der Waals surface area contributed by atoms with Gasteiger partial charge in [0.25, 0.3) is 0 Å². The lowest BCUT2D eigenvalue weighted by atomic mass is 10.1. The number of hydrogen-bond donors (Lipinski definition) is 0. The van der Waals surface area contributed by atoms with Crippen molar-refractivity contribution in [1.29, 1.82) is 0 Å². The molecule has 1 amide bonds. The Labute approximate surface area is 180 Å². The molecular formula is C23H25N3O5. The Kier molecular flexibility index (Phi) is 5.15. The van der Waals surface area contributed by atoms with Gasteiger partial charge in [0, 0.05) is 32.7 Å². The zero-order valence-electron chi connectivity index (χ0n) is 17.5. The van der Waals surface area contributed by atoms with Gasteiger partial charge in [-0.2, -0.15) is 0 Å². The number of piperazine rings is 1. The molecule has 162 valence electrons. The van der Waals surface area contributed by atoms with Crippen molar-refractivity contribution in [3.63, 3.8) is 0 Å². The van der Waals surface area contributed by atoms with Crippen LogP contribution in [0.2, 0.25) is 0 Å². The largest absolute Gasteiger partial charge is 0.454 e. The molecule has 8 heteroatoms. The summed E-state index contributed by atoms with van der Waals surface area (Å²) in [5, 5.41) is 0. The Bertz CT molecular complexity index is 1020. The topological polar surface area (TPSA) is 71.6 Å². The van der Waals surface area contributed by atoms with Gasteiger partial charge in [0.05, 0.1) is 12.2 Å². The van der Waals surface area contributed by atoms with Gasteiger partial charge in [0.2, 0.25) is 12.7 Å². The molecule has 1 fully saturated rings. The van der Waals surface area contributed by atoms with Crippen LogP contribution >= 0.6 is 0 Å². The molecule has 0 bridgehead atoms. The number of amides is 1. The summed E-state index contributed by atoms with van der Waals surface area (Å²) < 4.78 is 16.2. The van der Waals surface area contributed by atoms with E-state index in [1.165, 1.54) is 5.56 Å². The average Bonchev–Trinajstić information content (AvgIpc) is 3.21. The first-order valence-electron chi connectivity index (χ1n) is 10.5. The van der Waals surface area contributed by atoms with Crippen LogP contribution < -0.4 is 19.1 Å². The molecule has 2 aromatic carbocycles. The van der Waals surface area contributed by atoms with Crippen molar-refractivity contribution in [2.24, 2.45) is 0 Å². The number of nitrogens with zero attached hydrogens (tertiary/aromatic N) is 3. The molecule has 3 aliphatic heterocycles. The molecule has 3 aliphatic rings. The van der Waals surface area contributed by atoms with Gasteiger partial charge in [0.15, 0.2) is 17.2 Å². The summed E-state index contributed by atoms with van der Waals surface area (Å²) in [6.45, 7) is 6.24. The Morgan fingerprint density at radius 3 is 2.61 bits per heavy atom. The summed E-state index contributed by atoms with van der Waals surface area (Å²) in [5.74, 6) is 1.81. The van der Waals surface area contributed by atoms with Crippen LogP contribution in [-0.2, 0) is 16.1 Å². The second-order valence-corrected chi connectivity index (χ2v) is 8.15. The number of esters is 1. The summed E-state index contributed by atoms with van der Waals surface area (Å²) in [4.78, 5) is 30.9. The van der Waals surface area contributed by atoms with E-state index in [0.717, 1.165) is 42.4 Å². The van der Waals surface area contributed by atoms with Gasteiger partial charge in [-0.05, 0) is 42.3 Å². The van der Waals surface area contributed by atoms with Crippen molar-refractivity contribution in [3.05, 3.63) is 47.5 Å². The molecule has 0 N–H and O–H groups in total. The third-order valence-corrected chi connectivity index (χ3v) is 5.89. The lowest BCUT2D eigenvalue weighted by Crippen LogP contribution is -2.52. The first-order valence-corrected chi connectivity index (χ1v) is 10.5. The van der Waals surface area contributed by atoms with Crippen molar-refractivity contribution in [1.82, 2.24) is 9.80 Å². The fourth-order valence-electron chi connectivity index (χ4n) is 4.22. The Hall–Kier alpha value is -3.26. The number of carbonyl (C=O) groups excluding carboxylic acids is 2. The van der Waals surface area contributed by atoms with E-state index in [-0.39, 0.29) is 31.8 Å². The molecule has 0 aromatic heterocycles. The van der Waals surface area contributed by atoms with E-state index in [1.807, 2.05) is 47.1 Å². The molecule has 0 radical (unpaired) electrons. The van der Waals surface area contributed by atoms with Crippen molar-refractivity contribution in [3.8, 4) is 17.2 Å². The summed E-state index contributed by atoms with van der Waals surface area (Å²) in [7, 11) is 0. The number of rotatable bonds is 4. The minimum Gasteiger partial charge on any atom is -0.454 e. The maximum Gasteiger partial charge on any atom is 0.331 e. The van der Waals surface area contributed by atoms with Gasteiger partial charge >= 0.3 is 5.97 Å². The zero-order valence-corrected chi connectivity index (χ0v) is 17.5. The van der Waals surface area contributed by atoms with E-state index in [1.54, 1.807) is 0 Å². The molecule has 0 spiro atoms. The molecule has 8 nitrogen and oxygen atoms in total. The Morgan fingerprint density at radius 1 is 0.968 bits per heavy atom. The number of hydrogen-bond acceptors (Lipinski definition) is 7. The Balaban J connectivity index is 1.17. The van der Waals surface area contributed by atoms with E-state index < -0.39 is 0 Å². The summed E-state index contributed by atoms with van der Waals surface area (Å²) in [6.07, 6.45) is 0. The van der Waals surface area contributed by atoms with Crippen LogP contribution in [-0.4, -0.2) is 67.7 Å². The van der Waals surface area contributed by atoms with Gasteiger partial charge < -0.3 is 24.0 Å². The van der Waals surface area contributed by atoms with E-state index in [0.29, 0.717) is 18.8 Å². The number of benzene rings is 2. The van der Waals surface area contributed by atoms with E-state index in [4.69, 9.17) is 14.2 Å². The molecule has 31 heavy (non-hydrogen) atoms. The minimum atomic E-state index is -0.334. The fraction of sp³-hybridized carbons (Fsp3) is 0.391. The lowest BCUT2D eigenvalue weighted by molar-refractivity contribution is -0.134. The van der Waals surface area contributed by atoms with Gasteiger partial charge in [-0.1, -0.05) is 12.1 Å². The van der Waals surface area contributed by atoms with Crippen molar-refractivity contribution in [2.75, 3.05) is 51.0 Å². The predicted octanol–water partition coefficient (Wildman–Crippen LogP) is 1.79. The monoisotopic (exact) mass is 423 g/mol. The van der Waals surface area contributed by atoms with Crippen LogP contribution in [0.25, 0.3) is 0 Å². The second-order valence-electron chi connectivity index (χ2n) is 8.15. The highest BCUT2D eigenvalue weighted by Crippen LogP contribution is 2.34. The summed E-state index contributed by atoms with van der Waals surface area (Å²) in [5.41, 5.74) is 2.97. The first kappa shape index (κ1) is 19.7. The van der Waals surface area contributed by atoms with Gasteiger partial charge in [-0.15, -0.1) is 0 Å². The van der Waals surface area contributed by atoms with Crippen LogP contribution in [0, 0.1) is 6.92 Å². The van der Waals surface area contributed by atoms with E-state index in [9.17, 15) is 9.59 Å². The molecule has 5 rings (SSSR count). The standard InChI is InChI=1S/C23H25N3O5/c1-16-2-4-18-20(10-16)31-23(28)14-26(18)13-22(27)25-8-6-24(7-9-25)12-17-3-5-19-21(11-17)30-15-29-19/h2-5,10-11H,6-9,12-15H2,1H3. The SMILES string of the molecule is Cc1ccc2c(c1)OC(=O)CN2CC(=O)N1CCN(Cc2ccc3c(c2)OCO3)CC1. The third-order valence-electron chi connectivity index (χ3n) is 5.89. The number of ether oxygens (including phenoxy) is 3. The highest BCUT2D eigenvalue weighted by atomic mass is 16.7. The van der Waals surface area contributed by atoms with Gasteiger partial charge in [0.1, 0.15) is 6.54 Å². The number of aryl methyl sites for hydroxylation is 1. The van der Waals surface area contributed by atoms with Crippen molar-refractivity contribution < 1.29 is 23.8 Å². The fourth-order valence-corrected chi connectivity index (χ4v) is 4.22. The molecule has 0 saturated carbocycles. The smallest absolute Gasteiger partial charge is 0.331 e. The van der Waals surface area contributed by atoms with E-state index in [2.05, 4.69) is 11.0 Å². The molecule has 1 saturated heterocycles. The predicted molar refractivity (Wildman–Crippen MR) is 113 cm³/mol. The quantitative estimate of drug-likeness (QED) is 0.549. The molecule has 0 aliphatic carbocycles. The summed E-state index contributed by atoms with van der Waals surface area (Å²) >= 11 is 0. The summed E-state index contributed by atoms with van der Waals surface area (Å²) in [6, 6.07) is 11.7. The second kappa shape index (κ2) is 8.11. The van der Waals surface area contributed by atoms with Crippen molar-refractivity contribution in [2.45, 2.75) is 13.5 Å². The van der Waals surface area contributed by atoms with E-state index >= 15 is 0 Å². The number of fused-ring (bicyclic) bond motifs is 2. The van der Waals surface area contributed by atoms with Crippen molar-refractivity contribution >= 4 is 17.6 Å². The van der Waals surface area contributed by atoms with Crippen LogP contribution in [0.3, 0.4) is 0 Å². The van der Waals surface area contributed by atoms with Crippen LogP contribution in [0.5, 0.6) is 17.2 Å². The lowest BCUT2D eigenvalue weighted by Gasteiger charge is -2.37. The number of carbonyl (C=O) groups is 2. The van der Waals surface area contributed by atoms with Crippen LogP contribution in [0.4, 0.5) is 5.69 Å². The van der Waals surface area contributed by atoms with Crippen LogP contribution in [0.1, 0.15) is 11.1 Å². The van der Waals surface area contributed by atoms with Gasteiger partial charge in [-0.25, -0.2) is 4.79 Å². The van der Waals surface area contributed by atoms with Crippen LogP contribution in [0.15, 0.2) is 36.4 Å². The average molecular weight is 423 g/mol. The highest BCUT2D eigenvalue weighted by molar-refractivity contribution is 5.89. The van der Waals surface area contributed by atoms with Gasteiger partial charge in [-0.3, -0.25) is 9.69 Å². The maximum absolute atomic E-state index is 12.9. The minimum absolute atomic E-state index is 0.0314. The first-order chi connectivity index (χ1) is 15.0. The zero-order chi connectivity index (χ0) is 21.4. The molecular weight excluding hydrogens is 398 g/mol. The molecule has 3 heterocycles.